The number of carbonyl (C=O) groups is 1. The maximum absolute atomic E-state index is 12.4. The number of hydrogen-bond acceptors (Lipinski definition) is 5. The third kappa shape index (κ3) is 5.61. The zero-order valence-corrected chi connectivity index (χ0v) is 15.7. The highest BCUT2D eigenvalue weighted by Crippen LogP contribution is 2.15. The van der Waals surface area contributed by atoms with Gasteiger partial charge in [-0.15, -0.1) is 0 Å². The average Bonchev–Trinajstić information content (AvgIpc) is 2.70. The molecule has 0 aromatic heterocycles. The molecule has 0 aliphatic carbocycles. The van der Waals surface area contributed by atoms with E-state index in [9.17, 15) is 13.2 Å². The second kappa shape index (κ2) is 9.09. The summed E-state index contributed by atoms with van der Waals surface area (Å²) in [6, 6.07) is 15.0. The quantitative estimate of drug-likeness (QED) is 0.750. The molecule has 1 saturated heterocycles. The van der Waals surface area contributed by atoms with Gasteiger partial charge in [0.2, 0.25) is 10.0 Å². The van der Waals surface area contributed by atoms with E-state index in [4.69, 9.17) is 4.74 Å². The number of ether oxygens (including phenoxy) is 1. The lowest BCUT2D eigenvalue weighted by atomic mass is 10.2. The minimum atomic E-state index is -3.58. The molecule has 1 aliphatic rings. The van der Waals surface area contributed by atoms with Crippen LogP contribution in [0.1, 0.15) is 10.4 Å². The van der Waals surface area contributed by atoms with E-state index in [0.29, 0.717) is 37.6 Å². The van der Waals surface area contributed by atoms with Gasteiger partial charge in [0.1, 0.15) is 0 Å². The number of carbonyl (C=O) groups excluding carboxylic acids is 1. The summed E-state index contributed by atoms with van der Waals surface area (Å²) in [6.45, 7) is 3.99. The van der Waals surface area contributed by atoms with E-state index in [-0.39, 0.29) is 10.8 Å². The highest BCUT2D eigenvalue weighted by atomic mass is 32.2. The van der Waals surface area contributed by atoms with E-state index >= 15 is 0 Å². The summed E-state index contributed by atoms with van der Waals surface area (Å²) in [5.74, 6) is -0.241. The monoisotopic (exact) mass is 389 g/mol. The van der Waals surface area contributed by atoms with Gasteiger partial charge >= 0.3 is 0 Å². The maximum Gasteiger partial charge on any atom is 0.255 e. The van der Waals surface area contributed by atoms with Crippen molar-refractivity contribution in [1.82, 2.24) is 9.62 Å². The number of anilines is 1. The Balaban J connectivity index is 1.54. The Labute approximate surface area is 159 Å². The lowest BCUT2D eigenvalue weighted by Gasteiger charge is -2.26. The first-order valence-electron chi connectivity index (χ1n) is 8.81. The molecule has 1 fully saturated rings. The van der Waals surface area contributed by atoms with Crippen LogP contribution in [0, 0.1) is 0 Å². The fraction of sp³-hybridized carbons (Fsp3) is 0.316. The minimum absolute atomic E-state index is 0.169. The van der Waals surface area contributed by atoms with Gasteiger partial charge < -0.3 is 10.1 Å². The Morgan fingerprint density at radius 1 is 1.00 bits per heavy atom. The van der Waals surface area contributed by atoms with Crippen molar-refractivity contribution in [2.24, 2.45) is 0 Å². The van der Waals surface area contributed by atoms with Crippen LogP contribution in [0.2, 0.25) is 0 Å². The lowest BCUT2D eigenvalue weighted by molar-refractivity contribution is 0.0390. The maximum atomic E-state index is 12.4. The van der Waals surface area contributed by atoms with Gasteiger partial charge in [-0.05, 0) is 36.4 Å². The first kappa shape index (κ1) is 19.5. The standard InChI is InChI=1S/C19H23N3O4S/c23-19(16-4-2-1-3-5-16)21-17-6-8-18(9-7-17)27(24,25)20-10-11-22-12-14-26-15-13-22/h1-9,20H,10-15H2,(H,21,23). The van der Waals surface area contributed by atoms with Crippen molar-refractivity contribution in [2.75, 3.05) is 44.7 Å². The van der Waals surface area contributed by atoms with Gasteiger partial charge in [-0.1, -0.05) is 18.2 Å². The number of hydrogen-bond donors (Lipinski definition) is 2. The molecule has 2 aromatic carbocycles. The smallest absolute Gasteiger partial charge is 0.255 e. The lowest BCUT2D eigenvalue weighted by Crippen LogP contribution is -2.41. The Hall–Kier alpha value is -2.26. The molecule has 0 atom stereocenters. The van der Waals surface area contributed by atoms with E-state index in [1.165, 1.54) is 12.1 Å². The number of benzene rings is 2. The second-order valence-corrected chi connectivity index (χ2v) is 7.96. The van der Waals surface area contributed by atoms with Crippen molar-refractivity contribution in [3.63, 3.8) is 0 Å². The molecule has 1 aliphatic heterocycles. The molecule has 1 amide bonds. The van der Waals surface area contributed by atoms with Gasteiger partial charge in [0.05, 0.1) is 18.1 Å². The van der Waals surface area contributed by atoms with Crippen molar-refractivity contribution in [3.8, 4) is 0 Å². The summed E-state index contributed by atoms with van der Waals surface area (Å²) in [6.07, 6.45) is 0. The van der Waals surface area contributed by atoms with E-state index in [1.807, 2.05) is 6.07 Å². The third-order valence-corrected chi connectivity index (χ3v) is 5.76. The molecule has 2 aromatic rings. The summed E-state index contributed by atoms with van der Waals surface area (Å²) in [4.78, 5) is 14.5. The molecule has 27 heavy (non-hydrogen) atoms. The molecule has 144 valence electrons. The van der Waals surface area contributed by atoms with Crippen LogP contribution in [0.15, 0.2) is 59.5 Å². The minimum Gasteiger partial charge on any atom is -0.379 e. The summed E-state index contributed by atoms with van der Waals surface area (Å²) in [7, 11) is -3.58. The first-order valence-corrected chi connectivity index (χ1v) is 10.3. The zero-order chi connectivity index (χ0) is 19.1. The molecule has 1 heterocycles. The number of nitrogens with zero attached hydrogens (tertiary/aromatic N) is 1. The Bertz CT molecular complexity index is 848. The van der Waals surface area contributed by atoms with Gasteiger partial charge in [-0.2, -0.15) is 0 Å². The van der Waals surface area contributed by atoms with Crippen LogP contribution in [0.3, 0.4) is 0 Å². The van der Waals surface area contributed by atoms with Crippen LogP contribution >= 0.6 is 0 Å². The molecule has 0 radical (unpaired) electrons. The molecule has 8 heteroatoms. The van der Waals surface area contributed by atoms with E-state index in [1.54, 1.807) is 36.4 Å². The number of morpholine rings is 1. The van der Waals surface area contributed by atoms with E-state index in [2.05, 4.69) is 14.9 Å². The highest BCUT2D eigenvalue weighted by molar-refractivity contribution is 7.89. The predicted octanol–water partition coefficient (Wildman–Crippen LogP) is 1.55. The van der Waals surface area contributed by atoms with Crippen molar-refractivity contribution < 1.29 is 17.9 Å². The largest absolute Gasteiger partial charge is 0.379 e. The molecular formula is C19H23N3O4S. The predicted molar refractivity (Wildman–Crippen MR) is 103 cm³/mol. The Morgan fingerprint density at radius 3 is 2.33 bits per heavy atom. The third-order valence-electron chi connectivity index (χ3n) is 4.28. The fourth-order valence-corrected chi connectivity index (χ4v) is 3.78. The van der Waals surface area contributed by atoms with E-state index < -0.39 is 10.0 Å². The van der Waals surface area contributed by atoms with Gasteiger partial charge in [0.15, 0.2) is 0 Å². The summed E-state index contributed by atoms with van der Waals surface area (Å²) in [5.41, 5.74) is 1.08. The molecule has 0 bridgehead atoms. The SMILES string of the molecule is O=C(Nc1ccc(S(=O)(=O)NCCN2CCOCC2)cc1)c1ccccc1. The van der Waals surface area contributed by atoms with Crippen LogP contribution < -0.4 is 10.0 Å². The topological polar surface area (TPSA) is 87.7 Å². The van der Waals surface area contributed by atoms with Crippen LogP contribution in [0.5, 0.6) is 0 Å². The van der Waals surface area contributed by atoms with Crippen molar-refractivity contribution in [2.45, 2.75) is 4.90 Å². The van der Waals surface area contributed by atoms with Crippen molar-refractivity contribution in [3.05, 3.63) is 60.2 Å². The zero-order valence-electron chi connectivity index (χ0n) is 14.9. The number of nitrogens with one attached hydrogen (secondary N) is 2. The van der Waals surface area contributed by atoms with Crippen LogP contribution in [0.4, 0.5) is 5.69 Å². The normalized spacial score (nSPS) is 15.4. The Morgan fingerprint density at radius 2 is 1.67 bits per heavy atom. The molecule has 7 nitrogen and oxygen atoms in total. The van der Waals surface area contributed by atoms with Gasteiger partial charge in [0.25, 0.3) is 5.91 Å². The number of amides is 1. The summed E-state index contributed by atoms with van der Waals surface area (Å²) < 4.78 is 32.7. The Kier molecular flexibility index (Phi) is 6.57. The van der Waals surface area contributed by atoms with Gasteiger partial charge in [0, 0.05) is 37.4 Å². The van der Waals surface area contributed by atoms with Crippen LogP contribution in [-0.2, 0) is 14.8 Å². The first-order chi connectivity index (χ1) is 13.0. The molecule has 2 N–H and O–H groups in total. The van der Waals surface area contributed by atoms with Crippen LogP contribution in [-0.4, -0.2) is 58.6 Å². The number of rotatable bonds is 7. The van der Waals surface area contributed by atoms with Gasteiger partial charge in [-0.3, -0.25) is 9.69 Å². The summed E-state index contributed by atoms with van der Waals surface area (Å²) >= 11 is 0. The van der Waals surface area contributed by atoms with Crippen molar-refractivity contribution in [1.29, 1.82) is 0 Å². The summed E-state index contributed by atoms with van der Waals surface area (Å²) in [5, 5.41) is 2.75. The molecule has 3 rings (SSSR count). The van der Waals surface area contributed by atoms with Crippen LogP contribution in [0.25, 0.3) is 0 Å². The number of sulfonamides is 1. The highest BCUT2D eigenvalue weighted by Gasteiger charge is 2.16. The van der Waals surface area contributed by atoms with Crippen molar-refractivity contribution >= 4 is 21.6 Å². The molecular weight excluding hydrogens is 366 g/mol. The molecule has 0 spiro atoms. The fourth-order valence-electron chi connectivity index (χ4n) is 2.76. The molecule has 0 unspecified atom stereocenters. The molecule has 0 saturated carbocycles. The van der Waals surface area contributed by atoms with E-state index in [0.717, 1.165) is 13.1 Å². The second-order valence-electron chi connectivity index (χ2n) is 6.20. The van der Waals surface area contributed by atoms with Gasteiger partial charge in [-0.25, -0.2) is 13.1 Å². The average molecular weight is 389 g/mol.